The Morgan fingerprint density at radius 1 is 1.12 bits per heavy atom. The number of morpholine rings is 1. The Morgan fingerprint density at radius 2 is 1.88 bits per heavy atom. The molecule has 1 saturated heterocycles. The van der Waals surface area contributed by atoms with Crippen LogP contribution in [-0.4, -0.2) is 68.7 Å². The summed E-state index contributed by atoms with van der Waals surface area (Å²) in [5.41, 5.74) is 2.63. The smallest absolute Gasteiger partial charge is 0.191 e. The normalized spacial score (nSPS) is 15.9. The zero-order chi connectivity index (χ0) is 21.9. The van der Waals surface area contributed by atoms with E-state index < -0.39 is 0 Å². The number of nitrogens with zero attached hydrogens (tertiary/aromatic N) is 3. The van der Waals surface area contributed by atoms with Crippen molar-refractivity contribution >= 4 is 41.3 Å². The van der Waals surface area contributed by atoms with Crippen molar-refractivity contribution in [1.29, 1.82) is 0 Å². The predicted molar refractivity (Wildman–Crippen MR) is 146 cm³/mol. The van der Waals surface area contributed by atoms with Gasteiger partial charge in [0.1, 0.15) is 0 Å². The first-order valence-electron chi connectivity index (χ1n) is 11.3. The van der Waals surface area contributed by atoms with Gasteiger partial charge in [0.2, 0.25) is 0 Å². The molecular formula is C24H38IN5OS. The summed E-state index contributed by atoms with van der Waals surface area (Å²) < 4.78 is 5.55. The molecule has 0 amide bonds. The maximum absolute atomic E-state index is 5.55. The molecule has 0 aliphatic carbocycles. The van der Waals surface area contributed by atoms with Crippen LogP contribution in [-0.2, 0) is 17.8 Å². The third kappa shape index (κ3) is 8.30. The van der Waals surface area contributed by atoms with Gasteiger partial charge >= 0.3 is 0 Å². The number of guanidine groups is 1. The Kier molecular flexibility index (Phi) is 12.6. The SMILES string of the molecule is CCN(CC)Cc1cccc(CNC(=NC)NCC(c2cccs2)N2CCOCC2)c1.I. The second kappa shape index (κ2) is 14.8. The van der Waals surface area contributed by atoms with Crippen molar-refractivity contribution in [2.24, 2.45) is 4.99 Å². The van der Waals surface area contributed by atoms with Gasteiger partial charge in [-0.05, 0) is 35.7 Å². The van der Waals surface area contributed by atoms with Gasteiger partial charge in [-0.25, -0.2) is 0 Å². The summed E-state index contributed by atoms with van der Waals surface area (Å²) in [6, 6.07) is 13.5. The number of aliphatic imine (C=N–C) groups is 1. The van der Waals surface area contributed by atoms with Gasteiger partial charge in [0.15, 0.2) is 5.96 Å². The molecular weight excluding hydrogens is 533 g/mol. The third-order valence-electron chi connectivity index (χ3n) is 5.80. The number of hydrogen-bond donors (Lipinski definition) is 2. The molecule has 8 heteroatoms. The van der Waals surface area contributed by atoms with Crippen molar-refractivity contribution in [2.75, 3.05) is 53.0 Å². The van der Waals surface area contributed by atoms with E-state index in [9.17, 15) is 0 Å². The quantitative estimate of drug-likeness (QED) is 0.257. The summed E-state index contributed by atoms with van der Waals surface area (Å²) in [7, 11) is 1.83. The molecule has 2 N–H and O–H groups in total. The van der Waals surface area contributed by atoms with Crippen molar-refractivity contribution in [3.8, 4) is 0 Å². The van der Waals surface area contributed by atoms with Crippen LogP contribution in [0.25, 0.3) is 0 Å². The highest BCUT2D eigenvalue weighted by Gasteiger charge is 2.23. The van der Waals surface area contributed by atoms with E-state index in [4.69, 9.17) is 4.74 Å². The van der Waals surface area contributed by atoms with Crippen LogP contribution in [0.5, 0.6) is 0 Å². The van der Waals surface area contributed by atoms with E-state index in [-0.39, 0.29) is 24.0 Å². The molecule has 6 nitrogen and oxygen atoms in total. The van der Waals surface area contributed by atoms with Gasteiger partial charge in [0.25, 0.3) is 0 Å². The lowest BCUT2D eigenvalue weighted by molar-refractivity contribution is 0.0177. The molecule has 0 saturated carbocycles. The van der Waals surface area contributed by atoms with Crippen LogP contribution >= 0.6 is 35.3 Å². The monoisotopic (exact) mass is 571 g/mol. The van der Waals surface area contributed by atoms with Gasteiger partial charge in [0, 0.05) is 44.6 Å². The third-order valence-corrected chi connectivity index (χ3v) is 6.77. The lowest BCUT2D eigenvalue weighted by Gasteiger charge is -2.34. The number of nitrogens with one attached hydrogen (secondary N) is 2. The van der Waals surface area contributed by atoms with Crippen LogP contribution in [0.1, 0.15) is 35.9 Å². The fraction of sp³-hybridized carbons (Fsp3) is 0.542. The molecule has 1 fully saturated rings. The fourth-order valence-electron chi connectivity index (χ4n) is 3.92. The maximum atomic E-state index is 5.55. The van der Waals surface area contributed by atoms with E-state index in [1.807, 2.05) is 18.4 Å². The molecule has 178 valence electrons. The number of rotatable bonds is 10. The molecule has 2 aromatic rings. The number of thiophene rings is 1. The lowest BCUT2D eigenvalue weighted by atomic mass is 10.1. The highest BCUT2D eigenvalue weighted by atomic mass is 127. The van der Waals surface area contributed by atoms with Crippen molar-refractivity contribution in [3.63, 3.8) is 0 Å². The molecule has 32 heavy (non-hydrogen) atoms. The molecule has 1 aliphatic rings. The minimum atomic E-state index is 0. The van der Waals surface area contributed by atoms with Crippen LogP contribution < -0.4 is 10.6 Å². The van der Waals surface area contributed by atoms with Gasteiger partial charge < -0.3 is 15.4 Å². The summed E-state index contributed by atoms with van der Waals surface area (Å²) in [5.74, 6) is 0.837. The van der Waals surface area contributed by atoms with Gasteiger partial charge in [0.05, 0.1) is 19.3 Å². The van der Waals surface area contributed by atoms with E-state index in [2.05, 4.69) is 81.1 Å². The van der Waals surface area contributed by atoms with Gasteiger partial charge in [-0.2, -0.15) is 0 Å². The second-order valence-corrected chi connectivity index (χ2v) is 8.75. The first-order valence-corrected chi connectivity index (χ1v) is 12.2. The minimum absolute atomic E-state index is 0. The largest absolute Gasteiger partial charge is 0.379 e. The fourth-order valence-corrected chi connectivity index (χ4v) is 4.78. The number of halogens is 1. The Hall–Kier alpha value is -1.20. The van der Waals surface area contributed by atoms with Gasteiger partial charge in [-0.3, -0.25) is 14.8 Å². The number of ether oxygens (including phenoxy) is 1. The summed E-state index contributed by atoms with van der Waals surface area (Å²) in [6.07, 6.45) is 0. The molecule has 3 rings (SSSR count). The molecule has 0 bridgehead atoms. The molecule has 2 heterocycles. The second-order valence-electron chi connectivity index (χ2n) is 7.77. The minimum Gasteiger partial charge on any atom is -0.379 e. The lowest BCUT2D eigenvalue weighted by Crippen LogP contribution is -2.46. The Balaban J connectivity index is 0.00000363. The Bertz CT molecular complexity index is 791. The van der Waals surface area contributed by atoms with Crippen LogP contribution in [0.4, 0.5) is 0 Å². The summed E-state index contributed by atoms with van der Waals surface area (Å²) >= 11 is 1.82. The molecule has 1 aromatic carbocycles. The molecule has 1 atom stereocenters. The van der Waals surface area contributed by atoms with Crippen molar-refractivity contribution < 1.29 is 4.74 Å². The summed E-state index contributed by atoms with van der Waals surface area (Å²) in [4.78, 5) is 10.8. The molecule has 1 aromatic heterocycles. The van der Waals surface area contributed by atoms with Crippen molar-refractivity contribution in [2.45, 2.75) is 33.0 Å². The highest BCUT2D eigenvalue weighted by molar-refractivity contribution is 14.0. The molecule has 0 spiro atoms. The topological polar surface area (TPSA) is 52.1 Å². The highest BCUT2D eigenvalue weighted by Crippen LogP contribution is 2.25. The number of benzene rings is 1. The van der Waals surface area contributed by atoms with E-state index in [0.717, 1.165) is 65.0 Å². The van der Waals surface area contributed by atoms with E-state index >= 15 is 0 Å². The number of hydrogen-bond acceptors (Lipinski definition) is 5. The van der Waals surface area contributed by atoms with Gasteiger partial charge in [-0.15, -0.1) is 35.3 Å². The first-order chi connectivity index (χ1) is 15.2. The molecule has 1 unspecified atom stereocenters. The predicted octanol–water partition coefficient (Wildman–Crippen LogP) is 3.95. The van der Waals surface area contributed by atoms with E-state index in [1.54, 1.807) is 0 Å². The van der Waals surface area contributed by atoms with Gasteiger partial charge in [-0.1, -0.05) is 44.2 Å². The zero-order valence-corrected chi connectivity index (χ0v) is 22.7. The van der Waals surface area contributed by atoms with Crippen LogP contribution in [0.3, 0.4) is 0 Å². The Labute approximate surface area is 214 Å². The summed E-state index contributed by atoms with van der Waals surface area (Å²) in [6.45, 7) is 12.7. The van der Waals surface area contributed by atoms with Crippen LogP contribution in [0.15, 0.2) is 46.8 Å². The van der Waals surface area contributed by atoms with Crippen LogP contribution in [0, 0.1) is 0 Å². The summed E-state index contributed by atoms with van der Waals surface area (Å²) in [5, 5.41) is 9.18. The average molecular weight is 572 g/mol. The molecule has 1 aliphatic heterocycles. The zero-order valence-electron chi connectivity index (χ0n) is 19.5. The molecule has 0 radical (unpaired) electrons. The Morgan fingerprint density at radius 3 is 2.53 bits per heavy atom. The van der Waals surface area contributed by atoms with Crippen molar-refractivity contribution in [3.05, 3.63) is 57.8 Å². The van der Waals surface area contributed by atoms with Crippen LogP contribution in [0.2, 0.25) is 0 Å². The average Bonchev–Trinajstić information content (AvgIpc) is 3.35. The maximum Gasteiger partial charge on any atom is 0.191 e. The van der Waals surface area contributed by atoms with E-state index in [0.29, 0.717) is 6.04 Å². The van der Waals surface area contributed by atoms with E-state index in [1.165, 1.54) is 16.0 Å². The first kappa shape index (κ1) is 27.0. The van der Waals surface area contributed by atoms with Crippen molar-refractivity contribution in [1.82, 2.24) is 20.4 Å². The standard InChI is InChI=1S/C24H37N5OS.HI/c1-4-28(5-2)19-21-9-6-8-20(16-21)17-26-24(25-3)27-18-22(23-10-7-15-31-23)29-11-13-30-14-12-29;/h6-10,15-16,22H,4-5,11-14,17-19H2,1-3H3,(H2,25,26,27);1H.